The molecule has 0 amide bonds. The standard InChI is InChI=1S/C15H22N2O2/c1-3-15(14(18)19,13-7-5-4-6-8-13)17-11-9-16(2)10-12-17/h4-8H,3,9-12H2,1-2H3,(H,18,19)/p-1. The van der Waals surface area contributed by atoms with Crippen LogP contribution in [-0.4, -0.2) is 49.0 Å². The van der Waals surface area contributed by atoms with Gasteiger partial charge in [-0.3, -0.25) is 4.90 Å². The SMILES string of the molecule is CCC(C(=O)[O-])(c1ccccc1)N1CCN(C)CC1. The van der Waals surface area contributed by atoms with Gasteiger partial charge in [-0.1, -0.05) is 37.3 Å². The van der Waals surface area contributed by atoms with Crippen molar-refractivity contribution in [2.75, 3.05) is 33.2 Å². The van der Waals surface area contributed by atoms with Gasteiger partial charge in [0, 0.05) is 26.2 Å². The van der Waals surface area contributed by atoms with Crippen LogP contribution in [0.3, 0.4) is 0 Å². The largest absolute Gasteiger partial charge is 0.548 e. The van der Waals surface area contributed by atoms with Crippen molar-refractivity contribution < 1.29 is 9.90 Å². The molecule has 1 fully saturated rings. The molecule has 1 aromatic rings. The number of nitrogens with zero attached hydrogens (tertiary/aromatic N) is 2. The molecule has 0 aromatic heterocycles. The highest BCUT2D eigenvalue weighted by Crippen LogP contribution is 2.32. The van der Waals surface area contributed by atoms with Gasteiger partial charge in [0.1, 0.15) is 0 Å². The zero-order valence-electron chi connectivity index (χ0n) is 11.6. The summed E-state index contributed by atoms with van der Waals surface area (Å²) in [5, 5.41) is 11.9. The van der Waals surface area contributed by atoms with Gasteiger partial charge in [0.15, 0.2) is 0 Å². The topological polar surface area (TPSA) is 46.6 Å². The van der Waals surface area contributed by atoms with Crippen LogP contribution in [0.4, 0.5) is 0 Å². The van der Waals surface area contributed by atoms with E-state index in [1.165, 1.54) is 0 Å². The predicted molar refractivity (Wildman–Crippen MR) is 72.5 cm³/mol. The average molecular weight is 261 g/mol. The lowest BCUT2D eigenvalue weighted by Crippen LogP contribution is -2.61. The predicted octanol–water partition coefficient (Wildman–Crippen LogP) is 0.289. The third kappa shape index (κ3) is 2.51. The van der Waals surface area contributed by atoms with Crippen LogP contribution in [0.5, 0.6) is 0 Å². The van der Waals surface area contributed by atoms with Crippen molar-refractivity contribution in [2.24, 2.45) is 0 Å². The summed E-state index contributed by atoms with van der Waals surface area (Å²) in [7, 11) is 2.06. The summed E-state index contributed by atoms with van der Waals surface area (Å²) in [4.78, 5) is 16.1. The number of rotatable bonds is 4. The minimum Gasteiger partial charge on any atom is -0.548 e. The lowest BCUT2D eigenvalue weighted by molar-refractivity contribution is -0.321. The minimum atomic E-state index is -0.997. The number of hydrogen-bond donors (Lipinski definition) is 0. The van der Waals surface area contributed by atoms with Crippen LogP contribution in [0.2, 0.25) is 0 Å². The van der Waals surface area contributed by atoms with Crippen LogP contribution in [0, 0.1) is 0 Å². The lowest BCUT2D eigenvalue weighted by atomic mass is 9.84. The molecule has 1 aliphatic rings. The van der Waals surface area contributed by atoms with E-state index in [1.807, 2.05) is 37.3 Å². The van der Waals surface area contributed by atoms with Crippen LogP contribution in [0.25, 0.3) is 0 Å². The lowest BCUT2D eigenvalue weighted by Gasteiger charge is -2.48. The van der Waals surface area contributed by atoms with Crippen molar-refractivity contribution in [2.45, 2.75) is 18.9 Å². The molecular formula is C15H21N2O2-. The number of carboxylic acids is 1. The minimum absolute atomic E-state index is 0.517. The second-order valence-corrected chi connectivity index (χ2v) is 5.16. The number of carbonyl (C=O) groups is 1. The summed E-state index contributed by atoms with van der Waals surface area (Å²) < 4.78 is 0. The fourth-order valence-corrected chi connectivity index (χ4v) is 2.90. The number of likely N-dealkylation sites (N-methyl/N-ethyl adjacent to an activating group) is 1. The van der Waals surface area contributed by atoms with Crippen molar-refractivity contribution in [3.05, 3.63) is 35.9 Å². The maximum Gasteiger partial charge on any atom is 0.0859 e. The Hall–Kier alpha value is -1.39. The first-order valence-corrected chi connectivity index (χ1v) is 6.82. The van der Waals surface area contributed by atoms with Crippen molar-refractivity contribution in [3.8, 4) is 0 Å². The fraction of sp³-hybridized carbons (Fsp3) is 0.533. The third-order valence-corrected chi connectivity index (χ3v) is 4.14. The Morgan fingerprint density at radius 1 is 1.21 bits per heavy atom. The normalized spacial score (nSPS) is 20.9. The molecule has 0 N–H and O–H groups in total. The molecule has 104 valence electrons. The Labute approximate surface area is 114 Å². The molecule has 2 rings (SSSR count). The number of aliphatic carboxylic acids is 1. The molecule has 1 unspecified atom stereocenters. The molecule has 1 heterocycles. The van der Waals surface area contributed by atoms with Crippen LogP contribution in [0.15, 0.2) is 30.3 Å². The second-order valence-electron chi connectivity index (χ2n) is 5.16. The van der Waals surface area contributed by atoms with E-state index in [4.69, 9.17) is 0 Å². The Morgan fingerprint density at radius 3 is 2.26 bits per heavy atom. The first-order valence-electron chi connectivity index (χ1n) is 6.82. The Kier molecular flexibility index (Phi) is 4.22. The van der Waals surface area contributed by atoms with E-state index in [2.05, 4.69) is 16.8 Å². The van der Waals surface area contributed by atoms with Gasteiger partial charge in [-0.25, -0.2) is 0 Å². The van der Waals surface area contributed by atoms with E-state index < -0.39 is 11.5 Å². The summed E-state index contributed by atoms with van der Waals surface area (Å²) in [6, 6.07) is 9.45. The highest BCUT2D eigenvalue weighted by atomic mass is 16.4. The molecule has 4 nitrogen and oxygen atoms in total. The van der Waals surface area contributed by atoms with Crippen molar-refractivity contribution in [3.63, 3.8) is 0 Å². The van der Waals surface area contributed by atoms with Crippen LogP contribution in [-0.2, 0) is 10.3 Å². The van der Waals surface area contributed by atoms with Gasteiger partial charge in [-0.05, 0) is 19.0 Å². The molecule has 1 aromatic carbocycles. The molecule has 1 saturated heterocycles. The number of hydrogen-bond acceptors (Lipinski definition) is 4. The van der Waals surface area contributed by atoms with E-state index >= 15 is 0 Å². The molecular weight excluding hydrogens is 240 g/mol. The van der Waals surface area contributed by atoms with Gasteiger partial charge in [0.05, 0.1) is 11.5 Å². The second kappa shape index (κ2) is 5.72. The third-order valence-electron chi connectivity index (χ3n) is 4.14. The van der Waals surface area contributed by atoms with Gasteiger partial charge in [-0.15, -0.1) is 0 Å². The van der Waals surface area contributed by atoms with Crippen LogP contribution >= 0.6 is 0 Å². The molecule has 19 heavy (non-hydrogen) atoms. The zero-order valence-corrected chi connectivity index (χ0v) is 11.6. The van der Waals surface area contributed by atoms with E-state index in [1.54, 1.807) is 0 Å². The highest BCUT2D eigenvalue weighted by Gasteiger charge is 2.39. The molecule has 1 aliphatic heterocycles. The Bertz CT molecular complexity index is 427. The number of carbonyl (C=O) groups excluding carboxylic acids is 1. The van der Waals surface area contributed by atoms with Gasteiger partial charge in [0.2, 0.25) is 0 Å². The Balaban J connectivity index is 2.37. The maximum atomic E-state index is 11.9. The molecule has 0 aliphatic carbocycles. The molecule has 4 heteroatoms. The van der Waals surface area contributed by atoms with Gasteiger partial charge in [0.25, 0.3) is 0 Å². The average Bonchev–Trinajstić information content (AvgIpc) is 2.43. The number of benzene rings is 1. The summed E-state index contributed by atoms with van der Waals surface area (Å²) >= 11 is 0. The quantitative estimate of drug-likeness (QED) is 0.781. The first kappa shape index (κ1) is 14.0. The van der Waals surface area contributed by atoms with Gasteiger partial charge >= 0.3 is 0 Å². The van der Waals surface area contributed by atoms with E-state index in [0.29, 0.717) is 6.42 Å². The molecule has 0 saturated carbocycles. The fourth-order valence-electron chi connectivity index (χ4n) is 2.90. The number of carboxylic acid groups (broad SMARTS) is 1. The van der Waals surface area contributed by atoms with Crippen LogP contribution < -0.4 is 5.11 Å². The highest BCUT2D eigenvalue weighted by molar-refractivity contribution is 5.79. The molecule has 0 spiro atoms. The van der Waals surface area contributed by atoms with E-state index in [-0.39, 0.29) is 0 Å². The maximum absolute atomic E-state index is 11.9. The molecule has 1 atom stereocenters. The van der Waals surface area contributed by atoms with Crippen molar-refractivity contribution in [1.29, 1.82) is 0 Å². The van der Waals surface area contributed by atoms with Crippen LogP contribution in [0.1, 0.15) is 18.9 Å². The monoisotopic (exact) mass is 261 g/mol. The molecule has 0 bridgehead atoms. The van der Waals surface area contributed by atoms with Crippen molar-refractivity contribution in [1.82, 2.24) is 9.80 Å². The first-order chi connectivity index (χ1) is 9.11. The smallest absolute Gasteiger partial charge is 0.0859 e. The van der Waals surface area contributed by atoms with Gasteiger partial charge in [-0.2, -0.15) is 0 Å². The summed E-state index contributed by atoms with van der Waals surface area (Å²) in [5.41, 5.74) is -0.176. The van der Waals surface area contributed by atoms with E-state index in [0.717, 1.165) is 31.7 Å². The Morgan fingerprint density at radius 2 is 1.79 bits per heavy atom. The number of piperazine rings is 1. The molecule has 0 radical (unpaired) electrons. The van der Waals surface area contributed by atoms with Gasteiger partial charge < -0.3 is 14.8 Å². The summed E-state index contributed by atoms with van der Waals surface area (Å²) in [5.74, 6) is -0.995. The summed E-state index contributed by atoms with van der Waals surface area (Å²) in [6.07, 6.45) is 0.517. The zero-order chi connectivity index (χ0) is 13.9. The van der Waals surface area contributed by atoms with E-state index in [9.17, 15) is 9.90 Å². The van der Waals surface area contributed by atoms with Crippen molar-refractivity contribution >= 4 is 5.97 Å². The summed E-state index contributed by atoms with van der Waals surface area (Å²) in [6.45, 7) is 5.21.